The van der Waals surface area contributed by atoms with Gasteiger partial charge in [-0.2, -0.15) is 0 Å². The normalized spacial score (nSPS) is 12.2. The van der Waals surface area contributed by atoms with Gasteiger partial charge in [-0.15, -0.1) is 0 Å². The number of benzene rings is 2. The number of carbonyl (C=O) groups is 3. The van der Waals surface area contributed by atoms with Crippen LogP contribution in [0.2, 0.25) is 0 Å². The summed E-state index contributed by atoms with van der Waals surface area (Å²) < 4.78 is 1.05. The van der Waals surface area contributed by atoms with Gasteiger partial charge in [0.15, 0.2) is 0 Å². The molecule has 0 heterocycles. The van der Waals surface area contributed by atoms with Gasteiger partial charge in [-0.05, 0) is 0 Å². The molecule has 0 aliphatic rings. The van der Waals surface area contributed by atoms with Crippen molar-refractivity contribution < 1.29 is 19.5 Å². The second kappa shape index (κ2) is 10.6. The summed E-state index contributed by atoms with van der Waals surface area (Å²) in [5.74, 6) is -1.54. The van der Waals surface area contributed by atoms with E-state index in [4.69, 9.17) is 0 Å². The van der Waals surface area contributed by atoms with Gasteiger partial charge in [-0.3, -0.25) is 0 Å². The van der Waals surface area contributed by atoms with Crippen LogP contribution in [0.25, 0.3) is 0 Å². The number of carboxylic acids is 1. The Bertz CT molecular complexity index is 1080. The summed E-state index contributed by atoms with van der Waals surface area (Å²) >= 11 is 0.00740. The zero-order chi connectivity index (χ0) is 25.1. The van der Waals surface area contributed by atoms with Crippen molar-refractivity contribution in [2.45, 2.75) is 54.5 Å². The molecule has 33 heavy (non-hydrogen) atoms. The van der Waals surface area contributed by atoms with Gasteiger partial charge in [0.05, 0.1) is 0 Å². The predicted octanol–water partition coefficient (Wildman–Crippen LogP) is 2.56. The first-order valence-electron chi connectivity index (χ1n) is 11.0. The number of hydrogen-bond acceptors (Lipinski definition) is 3. The topological polar surface area (TPSA) is 98.7 Å². The zero-order valence-electron chi connectivity index (χ0n) is 20.8. The Hall–Kier alpha value is -2.55. The third-order valence-electron chi connectivity index (χ3n) is 5.97. The molecule has 2 aromatic carbocycles. The molecule has 0 aliphatic carbocycles. The van der Waals surface area contributed by atoms with Crippen LogP contribution in [0.5, 0.6) is 0 Å². The third kappa shape index (κ3) is 6.49. The maximum atomic E-state index is 13.5. The van der Waals surface area contributed by atoms with Crippen LogP contribution in [0.3, 0.4) is 0 Å². The van der Waals surface area contributed by atoms with Gasteiger partial charge in [0, 0.05) is 0 Å². The van der Waals surface area contributed by atoms with Gasteiger partial charge < -0.3 is 0 Å². The Morgan fingerprint density at radius 3 is 2.24 bits per heavy atom. The number of hydrogen-bond donors (Lipinski definition) is 3. The molecule has 0 fully saturated rings. The fourth-order valence-corrected chi connectivity index (χ4v) is 6.04. The van der Waals surface area contributed by atoms with E-state index in [-0.39, 0.29) is 29.1 Å². The number of rotatable bonds is 6. The van der Waals surface area contributed by atoms with Gasteiger partial charge in [-0.1, -0.05) is 0 Å². The van der Waals surface area contributed by atoms with E-state index < -0.39 is 29.4 Å². The molecule has 0 bridgehead atoms. The molecule has 3 N–H and O–H groups in total. The van der Waals surface area contributed by atoms with Crippen molar-refractivity contribution in [3.63, 3.8) is 0 Å². The molecule has 2 rings (SSSR count). The molecule has 0 saturated carbocycles. The van der Waals surface area contributed by atoms with Crippen LogP contribution in [0.15, 0.2) is 30.3 Å². The Kier molecular flexibility index (Phi) is 8.56. The first-order valence-corrected chi connectivity index (χ1v) is 13.8. The molecule has 8 heteroatoms. The van der Waals surface area contributed by atoms with Gasteiger partial charge in [0.25, 0.3) is 0 Å². The molecular weight excluding hydrogens is 525 g/mol. The number of carboxylic acid groups (broad SMARTS) is 1. The molecule has 3 amide bonds. The van der Waals surface area contributed by atoms with Gasteiger partial charge in [0.1, 0.15) is 0 Å². The first kappa shape index (κ1) is 26.7. The van der Waals surface area contributed by atoms with E-state index in [0.29, 0.717) is 11.4 Å². The minimum atomic E-state index is -1.09. The predicted molar refractivity (Wildman–Crippen MR) is 137 cm³/mol. The summed E-state index contributed by atoms with van der Waals surface area (Å²) in [5.41, 5.74) is 4.78. The van der Waals surface area contributed by atoms with E-state index in [0.717, 1.165) is 25.8 Å². The van der Waals surface area contributed by atoms with Crippen molar-refractivity contribution in [1.29, 1.82) is 0 Å². The number of aliphatic carboxylic acids is 1. The van der Waals surface area contributed by atoms with Crippen molar-refractivity contribution in [3.05, 3.63) is 52.6 Å². The fourth-order valence-electron chi connectivity index (χ4n) is 3.87. The number of aryl methyl sites for hydroxylation is 2. The monoisotopic (exact) mass is 561 g/mol. The van der Waals surface area contributed by atoms with E-state index in [1.807, 2.05) is 52.0 Å². The average Bonchev–Trinajstić information content (AvgIpc) is 2.70. The summed E-state index contributed by atoms with van der Waals surface area (Å²) in [6.45, 7) is 13.0. The van der Waals surface area contributed by atoms with Crippen LogP contribution in [0, 0.1) is 33.1 Å². The van der Waals surface area contributed by atoms with Gasteiger partial charge in [-0.25, -0.2) is 0 Å². The quantitative estimate of drug-likeness (QED) is 0.474. The number of amides is 3. The van der Waals surface area contributed by atoms with Crippen molar-refractivity contribution in [2.75, 3.05) is 16.8 Å². The SMILES string of the molecule is Cc1cccc(NC(=O)NCC(=O)N(c2cc(C)c(C)c(C)[c]2[SnH3])C(C(=O)O)C(C)(C)C)c1. The Balaban J connectivity index is 2.39. The molecule has 2 aromatic rings. The number of urea groups is 1. The zero-order valence-corrected chi connectivity index (χ0v) is 26.5. The van der Waals surface area contributed by atoms with Crippen LogP contribution in [0.1, 0.15) is 43.0 Å². The number of nitrogens with zero attached hydrogens (tertiary/aromatic N) is 1. The second-order valence-corrected chi connectivity index (χ2v) is 12.5. The summed E-state index contributed by atoms with van der Waals surface area (Å²) in [7, 11) is 0. The van der Waals surface area contributed by atoms with E-state index in [1.54, 1.807) is 26.8 Å². The summed E-state index contributed by atoms with van der Waals surface area (Å²) in [4.78, 5) is 39.6. The van der Waals surface area contributed by atoms with Crippen LogP contribution in [0.4, 0.5) is 16.2 Å². The van der Waals surface area contributed by atoms with Crippen molar-refractivity contribution in [2.24, 2.45) is 5.41 Å². The van der Waals surface area contributed by atoms with E-state index >= 15 is 0 Å². The van der Waals surface area contributed by atoms with Crippen LogP contribution in [-0.2, 0) is 9.59 Å². The summed E-state index contributed by atoms with van der Waals surface area (Å²) in [6.07, 6.45) is 0. The van der Waals surface area contributed by atoms with Crippen LogP contribution < -0.4 is 19.1 Å². The second-order valence-electron chi connectivity index (χ2n) is 9.64. The van der Waals surface area contributed by atoms with Crippen LogP contribution in [-0.4, -0.2) is 58.1 Å². The standard InChI is InChI=1S/C25H32N3O4.Sn.3H/c1-15-9-8-10-19(11-15)27-24(32)26-14-21(29)28(22(23(30)31)25(5,6)7)20-12-16(2)18(4)17(3)13-20;;;;/h8-12,22H,14H2,1-7H3,(H,30,31)(H2,26,27,32);;;;. The first-order chi connectivity index (χ1) is 15.2. The number of nitrogens with one attached hydrogen (secondary N) is 2. The van der Waals surface area contributed by atoms with Crippen molar-refractivity contribution >= 4 is 55.4 Å². The molecule has 0 radical (unpaired) electrons. The molecule has 1 atom stereocenters. The molecule has 0 saturated heterocycles. The molecule has 7 nitrogen and oxygen atoms in total. The molecule has 178 valence electrons. The maximum absolute atomic E-state index is 13.5. The molecule has 0 aliphatic heterocycles. The number of anilines is 2. The van der Waals surface area contributed by atoms with E-state index in [9.17, 15) is 19.5 Å². The Morgan fingerprint density at radius 2 is 1.70 bits per heavy atom. The minimum absolute atomic E-state index is 0.00740. The van der Waals surface area contributed by atoms with Gasteiger partial charge in [0.2, 0.25) is 0 Å². The summed E-state index contributed by atoms with van der Waals surface area (Å²) in [6, 6.07) is 7.62. The average molecular weight is 560 g/mol. The van der Waals surface area contributed by atoms with Crippen LogP contribution >= 0.6 is 0 Å². The summed E-state index contributed by atoms with van der Waals surface area (Å²) in [5, 5.41) is 15.4. The fraction of sp³-hybridized carbons (Fsp3) is 0.400. The third-order valence-corrected chi connectivity index (χ3v) is 9.57. The molecule has 0 spiro atoms. The Morgan fingerprint density at radius 1 is 1.06 bits per heavy atom. The molecular formula is C25H35N3O4Sn. The number of carbonyl (C=O) groups excluding carboxylic acids is 2. The van der Waals surface area contributed by atoms with E-state index in [2.05, 4.69) is 10.6 Å². The van der Waals surface area contributed by atoms with Crippen molar-refractivity contribution in [1.82, 2.24) is 5.32 Å². The van der Waals surface area contributed by atoms with Gasteiger partial charge >= 0.3 is 209 Å². The van der Waals surface area contributed by atoms with Crippen molar-refractivity contribution in [3.8, 4) is 0 Å². The molecule has 0 aromatic heterocycles. The van der Waals surface area contributed by atoms with E-state index in [1.165, 1.54) is 4.90 Å². The Labute approximate surface area is 209 Å². The molecule has 1 unspecified atom stereocenters.